The number of carbonyl (C=O) groups is 2. The van der Waals surface area contributed by atoms with E-state index in [1.807, 2.05) is 0 Å². The number of rotatable bonds is 4. The summed E-state index contributed by atoms with van der Waals surface area (Å²) in [6, 6.07) is 13.0. The lowest BCUT2D eigenvalue weighted by molar-refractivity contribution is -0.131. The standard InChI is InChI=1S/C22H20FN3O4/c1-14(27)29-19-9-5-3-7-17(19)22(28)26-12-10-15(11-13-26)21-24-20(25-30-21)16-6-2-4-8-18(16)23/h2-9,15H,10-13H2,1H3. The number of amides is 1. The molecule has 1 aliphatic heterocycles. The summed E-state index contributed by atoms with van der Waals surface area (Å²) < 4.78 is 24.5. The molecule has 8 heteroatoms. The lowest BCUT2D eigenvalue weighted by atomic mass is 9.96. The molecular weight excluding hydrogens is 389 g/mol. The van der Waals surface area contributed by atoms with Crippen molar-refractivity contribution in [1.29, 1.82) is 0 Å². The molecule has 0 spiro atoms. The van der Waals surface area contributed by atoms with Crippen LogP contribution in [0.3, 0.4) is 0 Å². The number of hydrogen-bond donors (Lipinski definition) is 0. The molecule has 0 radical (unpaired) electrons. The van der Waals surface area contributed by atoms with Crippen molar-refractivity contribution < 1.29 is 23.2 Å². The third kappa shape index (κ3) is 4.07. The van der Waals surface area contributed by atoms with Crippen LogP contribution in [0.25, 0.3) is 11.4 Å². The molecule has 7 nitrogen and oxygen atoms in total. The summed E-state index contributed by atoms with van der Waals surface area (Å²) >= 11 is 0. The average molecular weight is 409 g/mol. The van der Waals surface area contributed by atoms with E-state index in [9.17, 15) is 14.0 Å². The maximum Gasteiger partial charge on any atom is 0.308 e. The molecule has 2 aromatic carbocycles. The van der Waals surface area contributed by atoms with Crippen LogP contribution in [0, 0.1) is 5.82 Å². The summed E-state index contributed by atoms with van der Waals surface area (Å²) in [5.74, 6) is -0.164. The number of carbonyl (C=O) groups excluding carboxylic acids is 2. The molecule has 0 unspecified atom stereocenters. The Hall–Kier alpha value is -3.55. The van der Waals surface area contributed by atoms with E-state index in [-0.39, 0.29) is 23.4 Å². The highest BCUT2D eigenvalue weighted by Crippen LogP contribution is 2.30. The minimum atomic E-state index is -0.476. The van der Waals surface area contributed by atoms with Crippen molar-refractivity contribution >= 4 is 11.9 Å². The number of likely N-dealkylation sites (tertiary alicyclic amines) is 1. The Kier molecular flexibility index (Phi) is 5.56. The van der Waals surface area contributed by atoms with Gasteiger partial charge in [0.2, 0.25) is 11.7 Å². The van der Waals surface area contributed by atoms with Crippen molar-refractivity contribution in [3.8, 4) is 17.1 Å². The highest BCUT2D eigenvalue weighted by Gasteiger charge is 2.29. The third-order valence-corrected chi connectivity index (χ3v) is 5.06. The average Bonchev–Trinajstić information content (AvgIpc) is 3.24. The molecule has 0 bridgehead atoms. The van der Waals surface area contributed by atoms with Crippen LogP contribution in [-0.4, -0.2) is 40.0 Å². The maximum absolute atomic E-state index is 13.9. The second-order valence-corrected chi connectivity index (χ2v) is 7.09. The van der Waals surface area contributed by atoms with Crippen molar-refractivity contribution in [1.82, 2.24) is 15.0 Å². The normalized spacial score (nSPS) is 14.5. The van der Waals surface area contributed by atoms with Crippen LogP contribution in [0.15, 0.2) is 53.1 Å². The van der Waals surface area contributed by atoms with Crippen LogP contribution < -0.4 is 4.74 Å². The van der Waals surface area contributed by atoms with Crippen LogP contribution in [-0.2, 0) is 4.79 Å². The number of aromatic nitrogens is 2. The van der Waals surface area contributed by atoms with Gasteiger partial charge in [-0.15, -0.1) is 0 Å². The number of nitrogens with zero attached hydrogens (tertiary/aromatic N) is 3. The molecule has 3 aromatic rings. The van der Waals surface area contributed by atoms with Crippen molar-refractivity contribution in [2.75, 3.05) is 13.1 Å². The Morgan fingerprint density at radius 3 is 2.53 bits per heavy atom. The summed E-state index contributed by atoms with van der Waals surface area (Å²) in [7, 11) is 0. The zero-order chi connectivity index (χ0) is 21.1. The van der Waals surface area contributed by atoms with Crippen LogP contribution in [0.2, 0.25) is 0 Å². The zero-order valence-corrected chi connectivity index (χ0v) is 16.4. The maximum atomic E-state index is 13.9. The molecule has 30 heavy (non-hydrogen) atoms. The highest BCUT2D eigenvalue weighted by atomic mass is 19.1. The fraction of sp³-hybridized carbons (Fsp3) is 0.273. The van der Waals surface area contributed by atoms with Gasteiger partial charge in [0.05, 0.1) is 11.1 Å². The van der Waals surface area contributed by atoms with Gasteiger partial charge in [0.25, 0.3) is 5.91 Å². The van der Waals surface area contributed by atoms with Crippen LogP contribution >= 0.6 is 0 Å². The summed E-state index contributed by atoms with van der Waals surface area (Å²) in [5.41, 5.74) is 0.646. The first kappa shape index (κ1) is 19.8. The molecule has 1 saturated heterocycles. The molecule has 1 aromatic heterocycles. The number of ether oxygens (including phenoxy) is 1. The minimum Gasteiger partial charge on any atom is -0.426 e. The number of piperidine rings is 1. The predicted octanol–water partition coefficient (Wildman–Crippen LogP) is 3.82. The van der Waals surface area contributed by atoms with E-state index in [1.165, 1.54) is 13.0 Å². The Balaban J connectivity index is 1.43. The van der Waals surface area contributed by atoms with Crippen molar-refractivity contribution in [3.63, 3.8) is 0 Å². The van der Waals surface area contributed by atoms with Gasteiger partial charge in [-0.3, -0.25) is 9.59 Å². The van der Waals surface area contributed by atoms with E-state index in [0.29, 0.717) is 42.9 Å². The molecule has 1 fully saturated rings. The molecule has 1 aliphatic rings. The fourth-order valence-electron chi connectivity index (χ4n) is 3.54. The van der Waals surface area contributed by atoms with E-state index >= 15 is 0 Å². The van der Waals surface area contributed by atoms with Gasteiger partial charge in [-0.1, -0.05) is 29.4 Å². The molecule has 0 atom stereocenters. The van der Waals surface area contributed by atoms with Crippen LogP contribution in [0.5, 0.6) is 5.75 Å². The molecule has 4 rings (SSSR count). The van der Waals surface area contributed by atoms with Crippen molar-refractivity contribution in [2.45, 2.75) is 25.7 Å². The molecule has 0 saturated carbocycles. The predicted molar refractivity (Wildman–Crippen MR) is 105 cm³/mol. The molecule has 0 aliphatic carbocycles. The van der Waals surface area contributed by atoms with E-state index in [0.717, 1.165) is 0 Å². The second kappa shape index (κ2) is 8.44. The monoisotopic (exact) mass is 409 g/mol. The smallest absolute Gasteiger partial charge is 0.308 e. The molecule has 2 heterocycles. The number of halogens is 1. The van der Waals surface area contributed by atoms with E-state index in [1.54, 1.807) is 47.4 Å². The lowest BCUT2D eigenvalue weighted by Gasteiger charge is -2.30. The molecule has 154 valence electrons. The van der Waals surface area contributed by atoms with Crippen LogP contribution in [0.4, 0.5) is 4.39 Å². The van der Waals surface area contributed by atoms with Gasteiger partial charge < -0.3 is 14.2 Å². The number of hydrogen-bond acceptors (Lipinski definition) is 6. The topological polar surface area (TPSA) is 85.5 Å². The Bertz CT molecular complexity index is 1070. The van der Waals surface area contributed by atoms with Crippen molar-refractivity contribution in [2.24, 2.45) is 0 Å². The first-order chi connectivity index (χ1) is 14.5. The minimum absolute atomic E-state index is 0.00853. The Morgan fingerprint density at radius 1 is 1.10 bits per heavy atom. The summed E-state index contributed by atoms with van der Waals surface area (Å²) in [6.45, 7) is 2.29. The quantitative estimate of drug-likeness (QED) is 0.481. The number of para-hydroxylation sites is 1. The third-order valence-electron chi connectivity index (χ3n) is 5.06. The first-order valence-corrected chi connectivity index (χ1v) is 9.68. The van der Waals surface area contributed by atoms with Crippen molar-refractivity contribution in [3.05, 3.63) is 65.8 Å². The fourth-order valence-corrected chi connectivity index (χ4v) is 3.54. The first-order valence-electron chi connectivity index (χ1n) is 9.68. The van der Waals surface area contributed by atoms with Crippen LogP contribution in [0.1, 0.15) is 41.9 Å². The summed E-state index contributed by atoms with van der Waals surface area (Å²) in [6.07, 6.45) is 1.28. The second-order valence-electron chi connectivity index (χ2n) is 7.09. The van der Waals surface area contributed by atoms with Gasteiger partial charge in [0, 0.05) is 25.9 Å². The Labute approximate surface area is 172 Å². The van der Waals surface area contributed by atoms with Gasteiger partial charge in [-0.2, -0.15) is 4.98 Å². The highest BCUT2D eigenvalue weighted by molar-refractivity contribution is 5.97. The summed E-state index contributed by atoms with van der Waals surface area (Å²) in [4.78, 5) is 30.3. The largest absolute Gasteiger partial charge is 0.426 e. The number of esters is 1. The van der Waals surface area contributed by atoms with Gasteiger partial charge in [0.15, 0.2) is 0 Å². The molecule has 0 N–H and O–H groups in total. The van der Waals surface area contributed by atoms with Gasteiger partial charge in [-0.25, -0.2) is 4.39 Å². The molecular formula is C22H20FN3O4. The van der Waals surface area contributed by atoms with E-state index in [4.69, 9.17) is 9.26 Å². The zero-order valence-electron chi connectivity index (χ0n) is 16.4. The van der Waals surface area contributed by atoms with Gasteiger partial charge >= 0.3 is 5.97 Å². The Morgan fingerprint density at radius 2 is 1.80 bits per heavy atom. The van der Waals surface area contributed by atoms with E-state index < -0.39 is 11.8 Å². The molecule has 1 amide bonds. The van der Waals surface area contributed by atoms with E-state index in [2.05, 4.69) is 10.1 Å². The lowest BCUT2D eigenvalue weighted by Crippen LogP contribution is -2.38. The summed E-state index contributed by atoms with van der Waals surface area (Å²) in [5, 5.41) is 3.91. The SMILES string of the molecule is CC(=O)Oc1ccccc1C(=O)N1CCC(c2nc(-c3ccccc3F)no2)CC1. The number of benzene rings is 2. The van der Waals surface area contributed by atoms with Gasteiger partial charge in [-0.05, 0) is 37.1 Å². The van der Waals surface area contributed by atoms with Gasteiger partial charge in [0.1, 0.15) is 11.6 Å².